The molecule has 0 aliphatic heterocycles. The zero-order valence-corrected chi connectivity index (χ0v) is 31.9. The van der Waals surface area contributed by atoms with Crippen LogP contribution < -0.4 is 4.90 Å². The number of hydrogen-bond acceptors (Lipinski definition) is 2. The number of anilines is 3. The Morgan fingerprint density at radius 1 is 0.386 bits per heavy atom. The number of furan rings is 1. The number of fused-ring (bicyclic) bond motifs is 8. The lowest BCUT2D eigenvalue weighted by molar-refractivity contribution is 0.660. The van der Waals surface area contributed by atoms with E-state index in [0.717, 1.165) is 55.5 Å². The van der Waals surface area contributed by atoms with Gasteiger partial charge in [0, 0.05) is 38.5 Å². The summed E-state index contributed by atoms with van der Waals surface area (Å²) in [7, 11) is 0. The fourth-order valence-corrected chi connectivity index (χ4v) is 9.16. The quantitative estimate of drug-likeness (QED) is 0.169. The highest BCUT2D eigenvalue weighted by Gasteiger charge is 2.36. The Labute approximate surface area is 332 Å². The van der Waals surface area contributed by atoms with E-state index in [4.69, 9.17) is 4.42 Å². The molecule has 9 aromatic carbocycles. The maximum Gasteiger partial charge on any atom is 0.143 e. The maximum atomic E-state index is 6.53. The molecular formula is C55H39NO. The minimum Gasteiger partial charge on any atom is -0.455 e. The number of benzene rings is 9. The van der Waals surface area contributed by atoms with Crippen LogP contribution >= 0.6 is 0 Å². The van der Waals surface area contributed by atoms with Crippen LogP contribution in [0.1, 0.15) is 25.0 Å². The first kappa shape index (κ1) is 33.2. The predicted molar refractivity (Wildman–Crippen MR) is 240 cm³/mol. The molecule has 0 saturated carbocycles. The van der Waals surface area contributed by atoms with Gasteiger partial charge in [-0.3, -0.25) is 0 Å². The molecule has 0 unspecified atom stereocenters. The lowest BCUT2D eigenvalue weighted by Gasteiger charge is -2.30. The van der Waals surface area contributed by atoms with Gasteiger partial charge in [-0.1, -0.05) is 159 Å². The van der Waals surface area contributed by atoms with Gasteiger partial charge in [0.05, 0.1) is 5.69 Å². The highest BCUT2D eigenvalue weighted by Crippen LogP contribution is 2.51. The summed E-state index contributed by atoms with van der Waals surface area (Å²) in [5.74, 6) is 0. The van der Waals surface area contributed by atoms with E-state index in [0.29, 0.717) is 0 Å². The van der Waals surface area contributed by atoms with Crippen LogP contribution in [0, 0.1) is 0 Å². The Morgan fingerprint density at radius 2 is 1.04 bits per heavy atom. The summed E-state index contributed by atoms with van der Waals surface area (Å²) < 4.78 is 6.53. The summed E-state index contributed by atoms with van der Waals surface area (Å²) in [4.78, 5) is 2.43. The highest BCUT2D eigenvalue weighted by atomic mass is 16.3. The lowest BCUT2D eigenvalue weighted by atomic mass is 9.82. The number of para-hydroxylation sites is 1. The van der Waals surface area contributed by atoms with Crippen molar-refractivity contribution in [2.45, 2.75) is 19.3 Å². The van der Waals surface area contributed by atoms with Gasteiger partial charge in [-0.25, -0.2) is 0 Å². The van der Waals surface area contributed by atoms with Gasteiger partial charge in [-0.15, -0.1) is 0 Å². The molecule has 0 atom stereocenters. The predicted octanol–water partition coefficient (Wildman–Crippen LogP) is 15.5. The van der Waals surface area contributed by atoms with Crippen molar-refractivity contribution in [3.63, 3.8) is 0 Å². The van der Waals surface area contributed by atoms with Crippen molar-refractivity contribution in [2.24, 2.45) is 0 Å². The van der Waals surface area contributed by atoms with Gasteiger partial charge in [0.2, 0.25) is 0 Å². The van der Waals surface area contributed by atoms with Crippen LogP contribution in [0.2, 0.25) is 0 Å². The molecule has 0 amide bonds. The van der Waals surface area contributed by atoms with Gasteiger partial charge in [0.1, 0.15) is 11.2 Å². The van der Waals surface area contributed by atoms with Gasteiger partial charge < -0.3 is 9.32 Å². The van der Waals surface area contributed by atoms with Crippen LogP contribution in [0.4, 0.5) is 17.1 Å². The van der Waals surface area contributed by atoms with Crippen molar-refractivity contribution in [1.29, 1.82) is 0 Å². The van der Waals surface area contributed by atoms with Crippen LogP contribution in [0.25, 0.3) is 77.2 Å². The lowest BCUT2D eigenvalue weighted by Crippen LogP contribution is -2.16. The maximum absolute atomic E-state index is 6.53. The molecule has 2 heteroatoms. The first-order chi connectivity index (χ1) is 28.0. The molecule has 1 aromatic heterocycles. The van der Waals surface area contributed by atoms with E-state index in [1.807, 2.05) is 0 Å². The molecule has 0 spiro atoms. The van der Waals surface area contributed by atoms with Crippen LogP contribution in [0.5, 0.6) is 0 Å². The fraction of sp³-hybridized carbons (Fsp3) is 0.0545. The first-order valence-corrected chi connectivity index (χ1v) is 19.8. The van der Waals surface area contributed by atoms with E-state index in [9.17, 15) is 0 Å². The molecule has 2 nitrogen and oxygen atoms in total. The largest absolute Gasteiger partial charge is 0.455 e. The summed E-state index contributed by atoms with van der Waals surface area (Å²) >= 11 is 0. The van der Waals surface area contributed by atoms with Crippen molar-refractivity contribution in [1.82, 2.24) is 0 Å². The van der Waals surface area contributed by atoms with Gasteiger partial charge in [-0.05, 0) is 110 Å². The van der Waals surface area contributed by atoms with Crippen LogP contribution in [0.3, 0.4) is 0 Å². The Kier molecular flexibility index (Phi) is 7.55. The Hall–Kier alpha value is -7.16. The minimum absolute atomic E-state index is 0.127. The molecule has 10 aromatic rings. The van der Waals surface area contributed by atoms with E-state index in [1.54, 1.807) is 0 Å². The third-order valence-electron chi connectivity index (χ3n) is 12.1. The third-order valence-corrected chi connectivity index (χ3v) is 12.1. The molecule has 0 saturated heterocycles. The summed E-state index contributed by atoms with van der Waals surface area (Å²) in [6.45, 7) is 4.71. The molecule has 0 radical (unpaired) electrons. The normalized spacial score (nSPS) is 12.9. The van der Waals surface area contributed by atoms with Gasteiger partial charge >= 0.3 is 0 Å². The smallest absolute Gasteiger partial charge is 0.143 e. The molecule has 1 aliphatic carbocycles. The van der Waals surface area contributed by atoms with Crippen molar-refractivity contribution in [3.05, 3.63) is 211 Å². The molecule has 0 N–H and O–H groups in total. The van der Waals surface area contributed by atoms with E-state index in [2.05, 4.69) is 219 Å². The third kappa shape index (κ3) is 5.40. The fourth-order valence-electron chi connectivity index (χ4n) is 9.16. The second-order valence-corrected chi connectivity index (χ2v) is 15.7. The van der Waals surface area contributed by atoms with Crippen molar-refractivity contribution >= 4 is 49.8 Å². The Bertz CT molecular complexity index is 3150. The average molecular weight is 730 g/mol. The van der Waals surface area contributed by atoms with Crippen LogP contribution in [0.15, 0.2) is 205 Å². The molecule has 0 fully saturated rings. The minimum atomic E-state index is -0.127. The molecule has 1 aliphatic rings. The zero-order chi connectivity index (χ0) is 38.1. The summed E-state index contributed by atoms with van der Waals surface area (Å²) in [6.07, 6.45) is 0. The van der Waals surface area contributed by atoms with Gasteiger partial charge in [0.15, 0.2) is 0 Å². The SMILES string of the molecule is CC1(C)c2ccccc2-c2ccc(N(c3ccc(-c4cccc(-c5ccccc5)c4)cc3)c3ccccc3-c3ccc4oc5c6ccccc6ccc5c4c3)cc21. The average Bonchev–Trinajstić information content (AvgIpc) is 3.76. The summed E-state index contributed by atoms with van der Waals surface area (Å²) in [5, 5.41) is 4.57. The first-order valence-electron chi connectivity index (χ1n) is 19.8. The van der Waals surface area contributed by atoms with Gasteiger partial charge in [-0.2, -0.15) is 0 Å². The van der Waals surface area contributed by atoms with E-state index >= 15 is 0 Å². The molecular weight excluding hydrogens is 691 g/mol. The standard InChI is InChI=1S/C55H39NO/c1-55(2)50-21-10-8-20-46(50)47-31-29-43(35-51(47)55)56(42-27-23-37(24-28-42)40-17-12-16-39(33-40)36-13-4-3-5-14-36)52-22-11-9-18-44(52)41-26-32-53-49(34-41)48-30-25-38-15-6-7-19-45(38)54(48)57-53/h3-35H,1-2H3. The highest BCUT2D eigenvalue weighted by molar-refractivity contribution is 6.15. The van der Waals surface area contributed by atoms with E-state index < -0.39 is 0 Å². The summed E-state index contributed by atoms with van der Waals surface area (Å²) in [5.41, 5.74) is 17.5. The monoisotopic (exact) mass is 729 g/mol. The Morgan fingerprint density at radius 3 is 1.88 bits per heavy atom. The van der Waals surface area contributed by atoms with Crippen molar-refractivity contribution in [3.8, 4) is 44.5 Å². The Balaban J connectivity index is 1.07. The molecule has 11 rings (SSSR count). The molecule has 0 bridgehead atoms. The number of rotatable bonds is 6. The molecule has 270 valence electrons. The van der Waals surface area contributed by atoms with E-state index in [-0.39, 0.29) is 5.41 Å². The number of hydrogen-bond donors (Lipinski definition) is 0. The van der Waals surface area contributed by atoms with Crippen LogP contribution in [-0.4, -0.2) is 0 Å². The second-order valence-electron chi connectivity index (χ2n) is 15.7. The number of nitrogens with zero attached hydrogens (tertiary/aromatic N) is 1. The molecule has 57 heavy (non-hydrogen) atoms. The molecule has 1 heterocycles. The van der Waals surface area contributed by atoms with Crippen LogP contribution in [-0.2, 0) is 5.41 Å². The van der Waals surface area contributed by atoms with E-state index in [1.165, 1.54) is 49.9 Å². The van der Waals surface area contributed by atoms with Crippen molar-refractivity contribution in [2.75, 3.05) is 4.90 Å². The van der Waals surface area contributed by atoms with Crippen molar-refractivity contribution < 1.29 is 4.42 Å². The summed E-state index contributed by atoms with van der Waals surface area (Å²) in [6, 6.07) is 72.7. The van der Waals surface area contributed by atoms with Gasteiger partial charge in [0.25, 0.3) is 0 Å². The topological polar surface area (TPSA) is 16.4 Å². The second kappa shape index (κ2) is 13.0. The zero-order valence-electron chi connectivity index (χ0n) is 31.9.